The third-order valence-electron chi connectivity index (χ3n) is 3.73. The summed E-state index contributed by atoms with van der Waals surface area (Å²) in [7, 11) is 1.73. The van der Waals surface area contributed by atoms with Crippen LogP contribution >= 0.6 is 0 Å². The number of nitrogens with one attached hydrogen (secondary N) is 2. The molecule has 0 spiro atoms. The summed E-state index contributed by atoms with van der Waals surface area (Å²) in [5.74, 6) is -0.0744. The molecule has 2 rings (SSSR count). The molecule has 1 unspecified atom stereocenters. The van der Waals surface area contributed by atoms with E-state index in [0.717, 1.165) is 30.8 Å². The Balaban J connectivity index is 1.73. The molecule has 1 fully saturated rings. The van der Waals surface area contributed by atoms with Crippen LogP contribution in [0.2, 0.25) is 0 Å². The minimum atomic E-state index is -0.0552. The maximum absolute atomic E-state index is 11.8. The summed E-state index contributed by atoms with van der Waals surface area (Å²) >= 11 is 0. The van der Waals surface area contributed by atoms with Crippen molar-refractivity contribution < 1.29 is 14.3 Å². The van der Waals surface area contributed by atoms with Crippen molar-refractivity contribution in [2.24, 2.45) is 0 Å². The Kier molecular flexibility index (Phi) is 5.77. The Morgan fingerprint density at radius 3 is 2.64 bits per heavy atom. The number of amides is 2. The summed E-state index contributed by atoms with van der Waals surface area (Å²) in [6.45, 7) is 3.10. The minimum Gasteiger partial charge on any atom is -0.376 e. The van der Waals surface area contributed by atoms with Crippen molar-refractivity contribution in [1.29, 1.82) is 0 Å². The quantitative estimate of drug-likeness (QED) is 0.833. The average molecular weight is 305 g/mol. The lowest BCUT2D eigenvalue weighted by Crippen LogP contribution is -2.35. The van der Waals surface area contributed by atoms with Crippen molar-refractivity contribution >= 4 is 23.2 Å². The maximum atomic E-state index is 11.8. The van der Waals surface area contributed by atoms with Crippen molar-refractivity contribution in [2.45, 2.75) is 25.9 Å². The number of benzene rings is 1. The lowest BCUT2D eigenvalue weighted by Gasteiger charge is -2.15. The maximum Gasteiger partial charge on any atom is 0.239 e. The first-order valence-electron chi connectivity index (χ1n) is 7.53. The zero-order valence-electron chi connectivity index (χ0n) is 13.1. The van der Waals surface area contributed by atoms with Crippen molar-refractivity contribution in [3.8, 4) is 0 Å². The molecular formula is C16H23N3O3. The van der Waals surface area contributed by atoms with Crippen LogP contribution in [-0.2, 0) is 14.3 Å². The zero-order chi connectivity index (χ0) is 15.9. The Labute approximate surface area is 130 Å². The Morgan fingerprint density at radius 1 is 1.32 bits per heavy atom. The van der Waals surface area contributed by atoms with E-state index in [2.05, 4.69) is 10.6 Å². The highest BCUT2D eigenvalue weighted by Gasteiger charge is 2.15. The number of hydrogen-bond donors (Lipinski definition) is 2. The zero-order valence-corrected chi connectivity index (χ0v) is 13.1. The second-order valence-electron chi connectivity index (χ2n) is 5.42. The first kappa shape index (κ1) is 16.3. The molecule has 1 aromatic rings. The number of ether oxygens (including phenoxy) is 1. The van der Waals surface area contributed by atoms with E-state index in [1.807, 2.05) is 24.3 Å². The van der Waals surface area contributed by atoms with Crippen molar-refractivity contribution in [3.05, 3.63) is 24.3 Å². The van der Waals surface area contributed by atoms with E-state index in [0.29, 0.717) is 6.54 Å². The molecule has 120 valence electrons. The smallest absolute Gasteiger partial charge is 0.239 e. The molecule has 1 saturated heterocycles. The summed E-state index contributed by atoms with van der Waals surface area (Å²) in [6.07, 6.45) is 2.24. The van der Waals surface area contributed by atoms with Gasteiger partial charge in [0.2, 0.25) is 11.8 Å². The molecule has 6 nitrogen and oxygen atoms in total. The second-order valence-corrected chi connectivity index (χ2v) is 5.42. The Bertz CT molecular complexity index is 510. The molecule has 1 aromatic carbocycles. The van der Waals surface area contributed by atoms with Crippen LogP contribution in [0, 0.1) is 0 Å². The lowest BCUT2D eigenvalue weighted by atomic mass is 10.2. The molecule has 1 heterocycles. The first-order valence-corrected chi connectivity index (χ1v) is 7.53. The first-order chi connectivity index (χ1) is 10.6. The summed E-state index contributed by atoms with van der Waals surface area (Å²) < 4.78 is 5.45. The largest absolute Gasteiger partial charge is 0.376 e. The normalized spacial score (nSPS) is 17.1. The van der Waals surface area contributed by atoms with Gasteiger partial charge in [-0.25, -0.2) is 0 Å². The van der Waals surface area contributed by atoms with Crippen molar-refractivity contribution in [3.63, 3.8) is 0 Å². The van der Waals surface area contributed by atoms with Gasteiger partial charge in [-0.05, 0) is 37.1 Å². The fourth-order valence-corrected chi connectivity index (χ4v) is 2.26. The molecule has 0 bridgehead atoms. The number of carbonyl (C=O) groups is 2. The molecule has 1 atom stereocenters. The van der Waals surface area contributed by atoms with Crippen LogP contribution < -0.4 is 15.5 Å². The van der Waals surface area contributed by atoms with Crippen LogP contribution in [0.4, 0.5) is 11.4 Å². The number of rotatable bonds is 6. The molecule has 0 aromatic heterocycles. The third kappa shape index (κ3) is 4.73. The van der Waals surface area contributed by atoms with Crippen LogP contribution in [-0.4, -0.2) is 44.7 Å². The number of hydrogen-bond acceptors (Lipinski definition) is 4. The van der Waals surface area contributed by atoms with Gasteiger partial charge in [0, 0.05) is 38.5 Å². The Morgan fingerprint density at radius 2 is 2.05 bits per heavy atom. The van der Waals surface area contributed by atoms with Crippen LogP contribution in [0.5, 0.6) is 0 Å². The Hall–Kier alpha value is -2.08. The van der Waals surface area contributed by atoms with Gasteiger partial charge in [-0.2, -0.15) is 0 Å². The van der Waals surface area contributed by atoms with E-state index in [4.69, 9.17) is 4.74 Å². The number of carbonyl (C=O) groups excluding carboxylic acids is 2. The molecule has 2 amide bonds. The van der Waals surface area contributed by atoms with Gasteiger partial charge in [-0.3, -0.25) is 9.59 Å². The molecule has 0 saturated carbocycles. The predicted molar refractivity (Wildman–Crippen MR) is 86.0 cm³/mol. The van der Waals surface area contributed by atoms with Gasteiger partial charge in [0.15, 0.2) is 0 Å². The fourth-order valence-electron chi connectivity index (χ4n) is 2.26. The molecule has 0 radical (unpaired) electrons. The molecule has 6 heteroatoms. The summed E-state index contributed by atoms with van der Waals surface area (Å²) in [5.41, 5.74) is 1.66. The second kappa shape index (κ2) is 7.79. The van der Waals surface area contributed by atoms with E-state index in [-0.39, 0.29) is 24.5 Å². The van der Waals surface area contributed by atoms with Crippen molar-refractivity contribution in [2.75, 3.05) is 37.0 Å². The van der Waals surface area contributed by atoms with E-state index in [1.165, 1.54) is 6.92 Å². The predicted octanol–water partition coefficient (Wildman–Crippen LogP) is 1.38. The summed E-state index contributed by atoms with van der Waals surface area (Å²) in [4.78, 5) is 24.6. The SMILES string of the molecule is CC(=O)N(C)c1ccc(NCC(=O)NCC2CCCO2)cc1. The van der Waals surface area contributed by atoms with Gasteiger partial charge in [0.05, 0.1) is 12.6 Å². The van der Waals surface area contributed by atoms with Crippen LogP contribution in [0.1, 0.15) is 19.8 Å². The van der Waals surface area contributed by atoms with E-state index in [1.54, 1.807) is 11.9 Å². The van der Waals surface area contributed by atoms with Gasteiger partial charge >= 0.3 is 0 Å². The highest BCUT2D eigenvalue weighted by molar-refractivity contribution is 5.91. The van der Waals surface area contributed by atoms with Crippen LogP contribution in [0.25, 0.3) is 0 Å². The van der Waals surface area contributed by atoms with E-state index < -0.39 is 0 Å². The lowest BCUT2D eigenvalue weighted by molar-refractivity contribution is -0.120. The van der Waals surface area contributed by atoms with Crippen LogP contribution in [0.15, 0.2) is 24.3 Å². The molecule has 1 aliphatic heterocycles. The highest BCUT2D eigenvalue weighted by atomic mass is 16.5. The molecular weight excluding hydrogens is 282 g/mol. The monoisotopic (exact) mass is 305 g/mol. The summed E-state index contributed by atoms with van der Waals surface area (Å²) in [6, 6.07) is 7.38. The number of anilines is 2. The molecule has 0 aliphatic carbocycles. The van der Waals surface area contributed by atoms with Gasteiger partial charge in [0.1, 0.15) is 0 Å². The molecule has 2 N–H and O–H groups in total. The van der Waals surface area contributed by atoms with E-state index >= 15 is 0 Å². The van der Waals surface area contributed by atoms with Gasteiger partial charge in [-0.1, -0.05) is 0 Å². The van der Waals surface area contributed by atoms with Crippen molar-refractivity contribution in [1.82, 2.24) is 5.32 Å². The summed E-state index contributed by atoms with van der Waals surface area (Å²) in [5, 5.41) is 5.92. The molecule has 22 heavy (non-hydrogen) atoms. The fraction of sp³-hybridized carbons (Fsp3) is 0.500. The van der Waals surface area contributed by atoms with Gasteiger partial charge < -0.3 is 20.3 Å². The minimum absolute atomic E-state index is 0.0192. The third-order valence-corrected chi connectivity index (χ3v) is 3.73. The standard InChI is InChI=1S/C16H23N3O3/c1-12(20)19(2)14-7-5-13(6-8-14)17-11-16(21)18-10-15-4-3-9-22-15/h5-8,15,17H,3-4,9-11H2,1-2H3,(H,18,21). The van der Waals surface area contributed by atoms with Gasteiger partial charge in [0.25, 0.3) is 0 Å². The number of nitrogens with zero attached hydrogens (tertiary/aromatic N) is 1. The molecule has 1 aliphatic rings. The van der Waals surface area contributed by atoms with Crippen LogP contribution in [0.3, 0.4) is 0 Å². The topological polar surface area (TPSA) is 70.7 Å². The van der Waals surface area contributed by atoms with Gasteiger partial charge in [-0.15, -0.1) is 0 Å². The van der Waals surface area contributed by atoms with E-state index in [9.17, 15) is 9.59 Å². The highest BCUT2D eigenvalue weighted by Crippen LogP contribution is 2.16. The average Bonchev–Trinajstić information content (AvgIpc) is 3.04.